The first-order chi connectivity index (χ1) is 7.12. The molecule has 15 heavy (non-hydrogen) atoms. The lowest BCUT2D eigenvalue weighted by Crippen LogP contribution is -2.30. The zero-order chi connectivity index (χ0) is 11.1. The number of carboxylic acid groups (broad SMARTS) is 1. The van der Waals surface area contributed by atoms with Gasteiger partial charge in [-0.3, -0.25) is 4.57 Å². The second kappa shape index (κ2) is 3.30. The number of methoxy groups -OCH3 is 1. The van der Waals surface area contributed by atoms with Gasteiger partial charge in [0.05, 0.1) is 0 Å². The van der Waals surface area contributed by atoms with Crippen LogP contribution in [-0.4, -0.2) is 33.0 Å². The lowest BCUT2D eigenvalue weighted by molar-refractivity contribution is -0.142. The van der Waals surface area contributed by atoms with Gasteiger partial charge in [0.25, 0.3) is 0 Å². The number of hydrogen-bond donors (Lipinski definition) is 1. The molecule has 1 saturated carbocycles. The summed E-state index contributed by atoms with van der Waals surface area (Å²) in [5.74, 6) is 0.389. The number of nitrogens with zero attached hydrogens (tertiary/aromatic N) is 3. The van der Waals surface area contributed by atoms with Gasteiger partial charge in [-0.25, -0.2) is 4.79 Å². The van der Waals surface area contributed by atoms with Crippen molar-refractivity contribution in [3.05, 3.63) is 11.6 Å². The molecule has 0 aliphatic heterocycles. The molecule has 6 nitrogen and oxygen atoms in total. The normalized spacial score (nSPS) is 17.7. The van der Waals surface area contributed by atoms with Gasteiger partial charge in [-0.05, 0) is 19.8 Å². The molecule has 0 bridgehead atoms. The third-order valence-electron chi connectivity index (χ3n) is 2.72. The Morgan fingerprint density at radius 2 is 2.27 bits per heavy atom. The topological polar surface area (TPSA) is 77.2 Å². The van der Waals surface area contributed by atoms with Crippen LogP contribution in [0.4, 0.5) is 0 Å². The van der Waals surface area contributed by atoms with Crippen molar-refractivity contribution in [2.24, 2.45) is 0 Å². The van der Waals surface area contributed by atoms with E-state index in [4.69, 9.17) is 4.74 Å². The average molecular weight is 211 g/mol. The molecule has 0 saturated heterocycles. The summed E-state index contributed by atoms with van der Waals surface area (Å²) in [4.78, 5) is 11.2. The van der Waals surface area contributed by atoms with Crippen LogP contribution in [0.15, 0.2) is 0 Å². The summed E-state index contributed by atoms with van der Waals surface area (Å²) in [5.41, 5.74) is -0.818. The Hall–Kier alpha value is -1.43. The minimum absolute atomic E-state index is 0.288. The summed E-state index contributed by atoms with van der Waals surface area (Å²) < 4.78 is 6.65. The number of hydrogen-bond acceptors (Lipinski definition) is 4. The number of aliphatic carboxylic acids is 1. The number of aromatic nitrogens is 3. The molecule has 1 N–H and O–H groups in total. The third-order valence-corrected chi connectivity index (χ3v) is 2.72. The summed E-state index contributed by atoms with van der Waals surface area (Å²) in [6.45, 7) is 2.05. The van der Waals surface area contributed by atoms with Gasteiger partial charge in [0, 0.05) is 7.11 Å². The molecule has 1 aromatic heterocycles. The quantitative estimate of drug-likeness (QED) is 0.775. The largest absolute Gasteiger partial charge is 0.479 e. The SMILES string of the molecule is COCc1nnc(C)n1C1(C(=O)O)CC1. The van der Waals surface area contributed by atoms with Crippen LogP contribution in [0.1, 0.15) is 24.5 Å². The van der Waals surface area contributed by atoms with Gasteiger partial charge in [-0.2, -0.15) is 0 Å². The zero-order valence-corrected chi connectivity index (χ0v) is 8.73. The van der Waals surface area contributed by atoms with Crippen molar-refractivity contribution in [2.45, 2.75) is 31.9 Å². The fourth-order valence-electron chi connectivity index (χ4n) is 1.84. The Morgan fingerprint density at radius 3 is 2.73 bits per heavy atom. The van der Waals surface area contributed by atoms with E-state index in [9.17, 15) is 9.90 Å². The van der Waals surface area contributed by atoms with Gasteiger partial charge < -0.3 is 9.84 Å². The van der Waals surface area contributed by atoms with Crippen LogP contribution >= 0.6 is 0 Å². The minimum atomic E-state index is -0.818. The van der Waals surface area contributed by atoms with Crippen molar-refractivity contribution in [2.75, 3.05) is 7.11 Å². The van der Waals surface area contributed by atoms with E-state index in [1.165, 1.54) is 0 Å². The van der Waals surface area contributed by atoms with Crippen molar-refractivity contribution in [1.29, 1.82) is 0 Å². The molecule has 0 spiro atoms. The second-order valence-electron chi connectivity index (χ2n) is 3.77. The first-order valence-electron chi connectivity index (χ1n) is 4.75. The highest BCUT2D eigenvalue weighted by atomic mass is 16.5. The lowest BCUT2D eigenvalue weighted by Gasteiger charge is -2.15. The smallest absolute Gasteiger partial charge is 0.329 e. The number of aryl methyl sites for hydroxylation is 1. The van der Waals surface area contributed by atoms with Crippen molar-refractivity contribution in [3.63, 3.8) is 0 Å². The monoisotopic (exact) mass is 211 g/mol. The minimum Gasteiger partial charge on any atom is -0.479 e. The van der Waals surface area contributed by atoms with E-state index < -0.39 is 11.5 Å². The lowest BCUT2D eigenvalue weighted by atomic mass is 10.2. The molecule has 0 aromatic carbocycles. The van der Waals surface area contributed by atoms with Gasteiger partial charge >= 0.3 is 5.97 Å². The average Bonchev–Trinajstić information content (AvgIpc) is 2.90. The van der Waals surface area contributed by atoms with Gasteiger partial charge in [0.2, 0.25) is 0 Å². The van der Waals surface area contributed by atoms with Crippen LogP contribution < -0.4 is 0 Å². The van der Waals surface area contributed by atoms with Gasteiger partial charge in [-0.15, -0.1) is 10.2 Å². The van der Waals surface area contributed by atoms with Crippen LogP contribution in [-0.2, 0) is 21.7 Å². The Bertz CT molecular complexity index is 395. The molecule has 1 aliphatic rings. The molecule has 1 heterocycles. The van der Waals surface area contributed by atoms with Gasteiger partial charge in [0.15, 0.2) is 5.82 Å². The molecule has 1 aromatic rings. The maximum absolute atomic E-state index is 11.2. The molecule has 6 heteroatoms. The molecule has 2 rings (SSSR count). The number of carbonyl (C=O) groups is 1. The molecule has 1 aliphatic carbocycles. The second-order valence-corrected chi connectivity index (χ2v) is 3.77. The highest BCUT2D eigenvalue weighted by Crippen LogP contribution is 2.45. The van der Waals surface area contributed by atoms with Crippen LogP contribution in [0.25, 0.3) is 0 Å². The summed E-state index contributed by atoms with van der Waals surface area (Å²) in [6, 6.07) is 0. The van der Waals surface area contributed by atoms with Crippen LogP contribution in [0.5, 0.6) is 0 Å². The van der Waals surface area contributed by atoms with E-state index >= 15 is 0 Å². The molecule has 82 valence electrons. The maximum Gasteiger partial charge on any atom is 0.329 e. The van der Waals surface area contributed by atoms with Crippen molar-refractivity contribution in [3.8, 4) is 0 Å². The van der Waals surface area contributed by atoms with Crippen molar-refractivity contribution in [1.82, 2.24) is 14.8 Å². The Balaban J connectivity index is 2.42. The van der Waals surface area contributed by atoms with Crippen molar-refractivity contribution < 1.29 is 14.6 Å². The molecule has 0 radical (unpaired) electrons. The van der Waals surface area contributed by atoms with Gasteiger partial charge in [-0.1, -0.05) is 0 Å². The van der Waals surface area contributed by atoms with E-state index in [1.54, 1.807) is 18.6 Å². The molecule has 0 amide bonds. The van der Waals surface area contributed by atoms with E-state index in [0.717, 1.165) is 0 Å². The first kappa shape index (κ1) is 10.1. The number of carboxylic acids is 1. The van der Waals surface area contributed by atoms with E-state index in [1.807, 2.05) is 0 Å². The fourth-order valence-corrected chi connectivity index (χ4v) is 1.84. The highest BCUT2D eigenvalue weighted by Gasteiger charge is 2.54. The van der Waals surface area contributed by atoms with Crippen LogP contribution in [0.2, 0.25) is 0 Å². The van der Waals surface area contributed by atoms with Crippen LogP contribution in [0, 0.1) is 6.92 Å². The van der Waals surface area contributed by atoms with E-state index in [-0.39, 0.29) is 6.61 Å². The predicted octanol–water partition coefficient (Wildman–Crippen LogP) is 0.307. The van der Waals surface area contributed by atoms with Crippen LogP contribution in [0.3, 0.4) is 0 Å². The highest BCUT2D eigenvalue weighted by molar-refractivity contribution is 5.80. The number of rotatable bonds is 4. The number of ether oxygens (including phenoxy) is 1. The molecule has 0 atom stereocenters. The third kappa shape index (κ3) is 1.41. The molecule has 1 fully saturated rings. The molecular weight excluding hydrogens is 198 g/mol. The Morgan fingerprint density at radius 1 is 1.60 bits per heavy atom. The Kier molecular flexibility index (Phi) is 2.22. The summed E-state index contributed by atoms with van der Waals surface area (Å²) >= 11 is 0. The fraction of sp³-hybridized carbons (Fsp3) is 0.667. The van der Waals surface area contributed by atoms with Crippen molar-refractivity contribution >= 4 is 5.97 Å². The van der Waals surface area contributed by atoms with E-state index in [2.05, 4.69) is 10.2 Å². The van der Waals surface area contributed by atoms with E-state index in [0.29, 0.717) is 24.5 Å². The maximum atomic E-state index is 11.2. The molecular formula is C9H13N3O3. The molecule has 0 unspecified atom stereocenters. The summed E-state index contributed by atoms with van der Waals surface area (Å²) in [7, 11) is 1.55. The zero-order valence-electron chi connectivity index (χ0n) is 8.73. The summed E-state index contributed by atoms with van der Waals surface area (Å²) in [5, 5.41) is 17.0. The predicted molar refractivity (Wildman–Crippen MR) is 50.3 cm³/mol. The Labute approximate surface area is 86.9 Å². The van der Waals surface area contributed by atoms with Gasteiger partial charge in [0.1, 0.15) is 18.0 Å². The standard InChI is InChI=1S/C9H13N3O3/c1-6-10-11-7(5-15-2)12(6)9(3-4-9)8(13)14/h3-5H2,1-2H3,(H,13,14). The summed E-state index contributed by atoms with van der Waals surface area (Å²) in [6.07, 6.45) is 1.27. The first-order valence-corrected chi connectivity index (χ1v) is 4.75.